The maximum atomic E-state index is 10.7. The van der Waals surface area contributed by atoms with Gasteiger partial charge in [0.2, 0.25) is 0 Å². The molecule has 0 bridgehead atoms. The molecule has 2 N–H and O–H groups in total. The standard InChI is InChI=1S/CHF3O3S.HN3/c2-1(3,4)8(5,6)7;1-3-2/h(H,5,6,7);1H. The molecule has 0 aliphatic rings. The summed E-state index contributed by atoms with van der Waals surface area (Å²) < 4.78 is 57.5. The zero-order chi connectivity index (χ0) is 9.71. The lowest BCUT2D eigenvalue weighted by atomic mass is 11.6. The van der Waals surface area contributed by atoms with E-state index in [1.807, 2.05) is 0 Å². The molecular weight excluding hydrogens is 191 g/mol. The molecule has 0 amide bonds. The third kappa shape index (κ3) is 6.90. The second-order valence-corrected chi connectivity index (χ2v) is 2.43. The zero-order valence-electron chi connectivity index (χ0n) is 4.70. The van der Waals surface area contributed by atoms with E-state index in [2.05, 4.69) is 0 Å². The maximum Gasteiger partial charge on any atom is 0.522 e. The fourth-order valence-corrected chi connectivity index (χ4v) is 0. The van der Waals surface area contributed by atoms with Gasteiger partial charge < -0.3 is 0 Å². The lowest BCUT2D eigenvalue weighted by Gasteiger charge is -1.97. The summed E-state index contributed by atoms with van der Waals surface area (Å²) in [5.41, 5.74) is 6.72. The van der Waals surface area contributed by atoms with Crippen LogP contribution in [0.15, 0.2) is 0 Å². The van der Waals surface area contributed by atoms with Gasteiger partial charge in [-0.05, 0) is 10.4 Å². The summed E-state index contributed by atoms with van der Waals surface area (Å²) >= 11 is 0. The highest BCUT2D eigenvalue weighted by molar-refractivity contribution is 7.86. The van der Waals surface area contributed by atoms with Crippen LogP contribution in [0, 0.1) is 5.53 Å². The zero-order valence-corrected chi connectivity index (χ0v) is 5.52. The average Bonchev–Trinajstić information content (AvgIpc) is 1.60. The predicted octanol–water partition coefficient (Wildman–Crippen LogP) is 1.27. The van der Waals surface area contributed by atoms with Gasteiger partial charge in [0, 0.05) is 0 Å². The Morgan fingerprint density at radius 1 is 1.45 bits per heavy atom. The monoisotopic (exact) mass is 193 g/mol. The maximum absolute atomic E-state index is 10.7. The van der Waals surface area contributed by atoms with Gasteiger partial charge >= 0.3 is 15.6 Å². The Bertz CT molecular complexity index is 235. The first-order chi connectivity index (χ1) is 4.66. The van der Waals surface area contributed by atoms with Gasteiger partial charge in [-0.2, -0.15) is 21.6 Å². The second kappa shape index (κ2) is 4.01. The molecule has 0 radical (unpaired) electrons. The number of hydrogen-bond donors (Lipinski definition) is 2. The fourth-order valence-electron chi connectivity index (χ4n) is 0. The van der Waals surface area contributed by atoms with E-state index in [-0.39, 0.29) is 0 Å². The Labute approximate surface area is 58.8 Å². The van der Waals surface area contributed by atoms with Crippen LogP contribution < -0.4 is 0 Å². The van der Waals surface area contributed by atoms with E-state index in [0.29, 0.717) is 0 Å². The predicted molar refractivity (Wildman–Crippen MR) is 27.0 cm³/mol. The smallest absolute Gasteiger partial charge is 0.279 e. The lowest BCUT2D eigenvalue weighted by molar-refractivity contribution is -0.0510. The largest absolute Gasteiger partial charge is 0.522 e. The third-order valence-corrected chi connectivity index (χ3v) is 0.877. The lowest BCUT2D eigenvalue weighted by Crippen LogP contribution is -2.21. The summed E-state index contributed by atoms with van der Waals surface area (Å²) in [6.45, 7) is 0. The number of halogens is 3. The molecule has 0 saturated carbocycles. The minimum atomic E-state index is -5.84. The van der Waals surface area contributed by atoms with Crippen molar-refractivity contribution in [3.8, 4) is 0 Å². The summed E-state index contributed by atoms with van der Waals surface area (Å²) in [5.74, 6) is 0. The topological polar surface area (TPSA) is 115 Å². The van der Waals surface area contributed by atoms with E-state index >= 15 is 0 Å². The van der Waals surface area contributed by atoms with Gasteiger partial charge in [-0.1, -0.05) is 0 Å². The quantitative estimate of drug-likeness (QED) is 0.198. The number of nitrogens with one attached hydrogen (secondary N) is 1. The van der Waals surface area contributed by atoms with Crippen LogP contribution in [0.4, 0.5) is 13.2 Å². The van der Waals surface area contributed by atoms with Gasteiger partial charge in [0.25, 0.3) is 0 Å². The van der Waals surface area contributed by atoms with Crippen molar-refractivity contribution in [3.63, 3.8) is 0 Å². The fraction of sp³-hybridized carbons (Fsp3) is 1.00. The number of nitrogens with zero attached hydrogens (tertiary/aromatic N) is 2. The van der Waals surface area contributed by atoms with Gasteiger partial charge in [-0.15, -0.1) is 5.53 Å². The van der Waals surface area contributed by atoms with Crippen LogP contribution in [0.25, 0.3) is 10.4 Å². The summed E-state index contributed by atoms with van der Waals surface area (Å²) in [6, 6.07) is 0. The third-order valence-electron chi connectivity index (χ3n) is 0.292. The molecule has 0 aromatic heterocycles. The Kier molecular flexibility index (Phi) is 4.61. The molecule has 0 fully saturated rings. The first kappa shape index (κ1) is 12.7. The van der Waals surface area contributed by atoms with Crippen LogP contribution in [0.3, 0.4) is 0 Å². The summed E-state index contributed by atoms with van der Waals surface area (Å²) in [6.07, 6.45) is 0. The van der Waals surface area contributed by atoms with Crippen molar-refractivity contribution >= 4 is 10.1 Å². The van der Waals surface area contributed by atoms with Crippen molar-refractivity contribution in [2.75, 3.05) is 0 Å². The summed E-state index contributed by atoms with van der Waals surface area (Å²) in [5, 5.41) is 0. The molecule has 0 spiro atoms. The highest BCUT2D eigenvalue weighted by Gasteiger charge is 2.44. The minimum Gasteiger partial charge on any atom is -0.279 e. The molecule has 0 aromatic carbocycles. The van der Waals surface area contributed by atoms with Crippen LogP contribution in [0.5, 0.6) is 0 Å². The van der Waals surface area contributed by atoms with E-state index in [1.165, 1.54) is 0 Å². The molecule has 0 aliphatic heterocycles. The van der Waals surface area contributed by atoms with Gasteiger partial charge in [-0.25, -0.2) is 0 Å². The SMILES string of the molecule is O=S(=O)(O)C(F)(F)F.[N-]=[N+]=N. The van der Waals surface area contributed by atoms with Crippen molar-refractivity contribution < 1.29 is 26.1 Å². The summed E-state index contributed by atoms with van der Waals surface area (Å²) in [4.78, 5) is 1.75. The van der Waals surface area contributed by atoms with Crippen LogP contribution in [0.2, 0.25) is 0 Å². The van der Waals surface area contributed by atoms with Crippen LogP contribution in [-0.2, 0) is 10.1 Å². The highest BCUT2D eigenvalue weighted by atomic mass is 32.2. The molecule has 0 saturated heterocycles. The molecule has 0 atom stereocenters. The Morgan fingerprint density at radius 3 is 1.55 bits per heavy atom. The number of hydrogen-bond acceptors (Lipinski definition) is 3. The Hall–Kier alpha value is -0.990. The van der Waals surface area contributed by atoms with Crippen molar-refractivity contribution in [2.45, 2.75) is 5.51 Å². The molecule has 0 heterocycles. The van der Waals surface area contributed by atoms with E-state index in [9.17, 15) is 13.2 Å². The second-order valence-electron chi connectivity index (χ2n) is 1.02. The molecular formula is CH2F3N3O3S. The first-order valence-corrected chi connectivity index (χ1v) is 3.15. The molecule has 0 aliphatic carbocycles. The van der Waals surface area contributed by atoms with Crippen molar-refractivity contribution in [1.29, 1.82) is 5.53 Å². The molecule has 0 unspecified atom stereocenters. The van der Waals surface area contributed by atoms with E-state index < -0.39 is 15.6 Å². The highest BCUT2D eigenvalue weighted by Crippen LogP contribution is 2.20. The first-order valence-electron chi connectivity index (χ1n) is 1.71. The molecule has 11 heavy (non-hydrogen) atoms. The van der Waals surface area contributed by atoms with Gasteiger partial charge in [0.05, 0.1) is 0 Å². The Morgan fingerprint density at radius 2 is 1.55 bits per heavy atom. The van der Waals surface area contributed by atoms with Crippen molar-refractivity contribution in [1.82, 2.24) is 0 Å². The van der Waals surface area contributed by atoms with E-state index in [4.69, 9.17) is 24.0 Å². The van der Waals surface area contributed by atoms with Gasteiger partial charge in [0.15, 0.2) is 0 Å². The molecule has 0 rings (SSSR count). The molecule has 66 valence electrons. The van der Waals surface area contributed by atoms with Crippen LogP contribution in [0.1, 0.15) is 0 Å². The minimum absolute atomic E-state index is 1.75. The Balaban J connectivity index is 0. The van der Waals surface area contributed by atoms with Gasteiger partial charge in [0.1, 0.15) is 0 Å². The summed E-state index contributed by atoms with van der Waals surface area (Å²) in [7, 11) is -5.84. The van der Waals surface area contributed by atoms with Crippen LogP contribution >= 0.6 is 0 Å². The van der Waals surface area contributed by atoms with Crippen molar-refractivity contribution in [3.05, 3.63) is 10.4 Å². The van der Waals surface area contributed by atoms with E-state index in [0.717, 1.165) is 0 Å². The van der Waals surface area contributed by atoms with Gasteiger partial charge in [-0.3, -0.25) is 4.55 Å². The normalized spacial score (nSPS) is 10.9. The average molecular weight is 193 g/mol. The van der Waals surface area contributed by atoms with E-state index in [1.54, 1.807) is 4.91 Å². The van der Waals surface area contributed by atoms with Crippen LogP contribution in [-0.4, -0.2) is 18.5 Å². The van der Waals surface area contributed by atoms with Crippen molar-refractivity contribution in [2.24, 2.45) is 0 Å². The number of alkyl halides is 3. The molecule has 6 nitrogen and oxygen atoms in total. The number of rotatable bonds is 0. The molecule has 10 heteroatoms. The molecule has 0 aromatic rings.